The van der Waals surface area contributed by atoms with Crippen LogP contribution in [0.2, 0.25) is 5.02 Å². The SMILES string of the molecule is CC(NC(=O)C1CC1)c1nc2cc(Cl)ccc2c(=O)n1C. The van der Waals surface area contributed by atoms with Gasteiger partial charge in [-0.15, -0.1) is 0 Å². The zero-order valence-electron chi connectivity index (χ0n) is 11.9. The van der Waals surface area contributed by atoms with E-state index in [1.807, 2.05) is 6.92 Å². The predicted octanol–water partition coefficient (Wildman–Crippen LogP) is 2.17. The first-order valence-corrected chi connectivity index (χ1v) is 7.31. The minimum Gasteiger partial charge on any atom is -0.346 e. The molecule has 1 atom stereocenters. The largest absolute Gasteiger partial charge is 0.346 e. The van der Waals surface area contributed by atoms with E-state index in [9.17, 15) is 9.59 Å². The number of nitrogens with one attached hydrogen (secondary N) is 1. The molecule has 0 radical (unpaired) electrons. The van der Waals surface area contributed by atoms with Crippen molar-refractivity contribution in [1.29, 1.82) is 0 Å². The number of halogens is 1. The van der Waals surface area contributed by atoms with Crippen LogP contribution in [0.3, 0.4) is 0 Å². The molecule has 1 amide bonds. The number of amides is 1. The second kappa shape index (κ2) is 5.15. The van der Waals surface area contributed by atoms with Crippen molar-refractivity contribution in [2.45, 2.75) is 25.8 Å². The summed E-state index contributed by atoms with van der Waals surface area (Å²) in [5.41, 5.74) is 0.410. The third kappa shape index (κ3) is 2.65. The lowest BCUT2D eigenvalue weighted by Gasteiger charge is -2.17. The molecule has 5 nitrogen and oxygen atoms in total. The van der Waals surface area contributed by atoms with Gasteiger partial charge in [0.2, 0.25) is 5.91 Å². The highest BCUT2D eigenvalue weighted by Crippen LogP contribution is 2.29. The van der Waals surface area contributed by atoms with Crippen LogP contribution in [-0.2, 0) is 11.8 Å². The summed E-state index contributed by atoms with van der Waals surface area (Å²) in [5, 5.41) is 3.96. The van der Waals surface area contributed by atoms with Gasteiger partial charge in [0.25, 0.3) is 5.56 Å². The van der Waals surface area contributed by atoms with Gasteiger partial charge in [0.1, 0.15) is 5.82 Å². The van der Waals surface area contributed by atoms with Crippen molar-refractivity contribution >= 4 is 28.4 Å². The Labute approximate surface area is 126 Å². The third-order valence-corrected chi connectivity index (χ3v) is 4.00. The van der Waals surface area contributed by atoms with Crippen molar-refractivity contribution in [3.8, 4) is 0 Å². The zero-order valence-corrected chi connectivity index (χ0v) is 12.6. The zero-order chi connectivity index (χ0) is 15.1. The average Bonchev–Trinajstić information content (AvgIpc) is 3.26. The number of benzene rings is 1. The van der Waals surface area contributed by atoms with Crippen LogP contribution in [0, 0.1) is 5.92 Å². The first-order valence-electron chi connectivity index (χ1n) is 6.94. The van der Waals surface area contributed by atoms with E-state index >= 15 is 0 Å². The molecule has 3 rings (SSSR count). The predicted molar refractivity (Wildman–Crippen MR) is 81.3 cm³/mol. The van der Waals surface area contributed by atoms with E-state index in [4.69, 9.17) is 11.6 Å². The standard InChI is InChI=1S/C15H16ClN3O2/c1-8(17-14(20)9-3-4-9)13-18-12-7-10(16)5-6-11(12)15(21)19(13)2/h5-9H,3-4H2,1-2H3,(H,17,20). The fourth-order valence-electron chi connectivity index (χ4n) is 2.39. The number of aromatic nitrogens is 2. The monoisotopic (exact) mass is 305 g/mol. The van der Waals surface area contributed by atoms with Crippen LogP contribution >= 0.6 is 11.6 Å². The van der Waals surface area contributed by atoms with Gasteiger partial charge in [-0.25, -0.2) is 4.98 Å². The van der Waals surface area contributed by atoms with Crippen molar-refractivity contribution in [3.63, 3.8) is 0 Å². The van der Waals surface area contributed by atoms with Gasteiger partial charge in [-0.2, -0.15) is 0 Å². The highest BCUT2D eigenvalue weighted by molar-refractivity contribution is 6.31. The molecule has 1 saturated carbocycles. The first kappa shape index (κ1) is 14.1. The maximum atomic E-state index is 12.4. The van der Waals surface area contributed by atoms with Crippen LogP contribution in [0.4, 0.5) is 0 Å². The summed E-state index contributed by atoms with van der Waals surface area (Å²) in [6, 6.07) is 4.69. The molecule has 1 unspecified atom stereocenters. The number of hydrogen-bond donors (Lipinski definition) is 1. The normalized spacial score (nSPS) is 16.0. The summed E-state index contributed by atoms with van der Waals surface area (Å²) < 4.78 is 1.48. The maximum Gasteiger partial charge on any atom is 0.261 e. The lowest BCUT2D eigenvalue weighted by molar-refractivity contribution is -0.123. The number of nitrogens with zero attached hydrogens (tertiary/aromatic N) is 2. The first-order chi connectivity index (χ1) is 9.97. The topological polar surface area (TPSA) is 64.0 Å². The lowest BCUT2D eigenvalue weighted by atomic mass is 10.2. The number of carbonyl (C=O) groups excluding carboxylic acids is 1. The van der Waals surface area contributed by atoms with Gasteiger partial charge >= 0.3 is 0 Å². The number of fused-ring (bicyclic) bond motifs is 1. The van der Waals surface area contributed by atoms with Crippen LogP contribution in [-0.4, -0.2) is 15.5 Å². The van der Waals surface area contributed by atoms with Crippen LogP contribution in [0.25, 0.3) is 10.9 Å². The Morgan fingerprint density at radius 3 is 2.86 bits per heavy atom. The summed E-state index contributed by atoms with van der Waals surface area (Å²) in [4.78, 5) is 28.7. The van der Waals surface area contributed by atoms with Gasteiger partial charge in [-0.05, 0) is 38.0 Å². The maximum absolute atomic E-state index is 12.4. The van der Waals surface area contributed by atoms with E-state index in [0.29, 0.717) is 21.7 Å². The van der Waals surface area contributed by atoms with Crippen LogP contribution in [0.5, 0.6) is 0 Å². The molecular weight excluding hydrogens is 290 g/mol. The molecule has 2 aromatic rings. The smallest absolute Gasteiger partial charge is 0.261 e. The molecule has 0 saturated heterocycles. The Kier molecular flexibility index (Phi) is 3.45. The van der Waals surface area contributed by atoms with Gasteiger partial charge in [0.15, 0.2) is 0 Å². The molecule has 1 aliphatic carbocycles. The van der Waals surface area contributed by atoms with Crippen LogP contribution < -0.4 is 10.9 Å². The Balaban J connectivity index is 2.02. The molecule has 110 valence electrons. The second-order valence-electron chi connectivity index (χ2n) is 5.50. The van der Waals surface area contributed by atoms with Crippen molar-refractivity contribution < 1.29 is 4.79 Å². The molecule has 1 aliphatic rings. The molecule has 6 heteroatoms. The summed E-state index contributed by atoms with van der Waals surface area (Å²) in [6.45, 7) is 1.83. The van der Waals surface area contributed by atoms with Gasteiger partial charge in [0.05, 0.1) is 16.9 Å². The second-order valence-corrected chi connectivity index (χ2v) is 5.94. The minimum absolute atomic E-state index is 0.0305. The molecule has 21 heavy (non-hydrogen) atoms. The van der Waals surface area contributed by atoms with E-state index in [0.717, 1.165) is 12.8 Å². The molecule has 1 fully saturated rings. The molecule has 0 spiro atoms. The van der Waals surface area contributed by atoms with Crippen LogP contribution in [0.15, 0.2) is 23.0 Å². The molecule has 1 aromatic carbocycles. The lowest BCUT2D eigenvalue weighted by Crippen LogP contribution is -2.33. The molecule has 1 N–H and O–H groups in total. The quantitative estimate of drug-likeness (QED) is 0.945. The molecule has 0 aliphatic heterocycles. The molecule has 1 heterocycles. The van der Waals surface area contributed by atoms with Crippen molar-refractivity contribution in [2.24, 2.45) is 13.0 Å². The summed E-state index contributed by atoms with van der Waals surface area (Å²) in [6.07, 6.45) is 1.89. The van der Waals surface area contributed by atoms with Crippen molar-refractivity contribution in [2.75, 3.05) is 0 Å². The van der Waals surface area contributed by atoms with Crippen LogP contribution in [0.1, 0.15) is 31.6 Å². The number of hydrogen-bond acceptors (Lipinski definition) is 3. The van der Waals surface area contributed by atoms with Gasteiger partial charge in [-0.1, -0.05) is 11.6 Å². The van der Waals surface area contributed by atoms with E-state index in [1.54, 1.807) is 25.2 Å². The molecular formula is C15H16ClN3O2. The van der Waals surface area contributed by atoms with Crippen molar-refractivity contribution in [1.82, 2.24) is 14.9 Å². The van der Waals surface area contributed by atoms with E-state index in [1.165, 1.54) is 4.57 Å². The minimum atomic E-state index is -0.320. The van der Waals surface area contributed by atoms with E-state index in [2.05, 4.69) is 10.3 Å². The summed E-state index contributed by atoms with van der Waals surface area (Å²) in [5.74, 6) is 0.686. The number of rotatable bonds is 3. The third-order valence-electron chi connectivity index (χ3n) is 3.77. The molecule has 1 aromatic heterocycles. The average molecular weight is 306 g/mol. The Morgan fingerprint density at radius 2 is 2.19 bits per heavy atom. The van der Waals surface area contributed by atoms with E-state index in [-0.39, 0.29) is 23.4 Å². The highest BCUT2D eigenvalue weighted by Gasteiger charge is 2.31. The van der Waals surface area contributed by atoms with Gasteiger partial charge < -0.3 is 5.32 Å². The Morgan fingerprint density at radius 1 is 1.48 bits per heavy atom. The number of carbonyl (C=O) groups is 1. The Bertz CT molecular complexity index is 780. The van der Waals surface area contributed by atoms with Crippen molar-refractivity contribution in [3.05, 3.63) is 39.4 Å². The highest BCUT2D eigenvalue weighted by atomic mass is 35.5. The van der Waals surface area contributed by atoms with Gasteiger partial charge in [0, 0.05) is 18.0 Å². The summed E-state index contributed by atoms with van der Waals surface area (Å²) in [7, 11) is 1.67. The van der Waals surface area contributed by atoms with E-state index < -0.39 is 0 Å². The Hall–Kier alpha value is -1.88. The van der Waals surface area contributed by atoms with Gasteiger partial charge in [-0.3, -0.25) is 14.2 Å². The molecule has 0 bridgehead atoms. The fraction of sp³-hybridized carbons (Fsp3) is 0.400. The fourth-order valence-corrected chi connectivity index (χ4v) is 2.56. The summed E-state index contributed by atoms with van der Waals surface area (Å²) >= 11 is 5.96.